The number of hydrogen-bond acceptors (Lipinski definition) is 16. The predicted molar refractivity (Wildman–Crippen MR) is 203 cm³/mol. The minimum absolute atomic E-state index is 0. The monoisotopic (exact) mass is 1390 g/mol. The van der Waals surface area contributed by atoms with Crippen molar-refractivity contribution in [1.82, 2.24) is 24.8 Å². The van der Waals surface area contributed by atoms with Crippen molar-refractivity contribution >= 4 is 92.8 Å². The maximum atomic E-state index is 9.83. The number of allylic oxidation sites excluding steroid dienone is 1. The number of halogens is 2. The Labute approximate surface area is 543 Å². The van der Waals surface area contributed by atoms with Gasteiger partial charge in [-0.05, 0) is 56.1 Å². The van der Waals surface area contributed by atoms with Crippen LogP contribution in [0.2, 0.25) is 20.5 Å². The smallest absolute Gasteiger partial charge is 0.196 e. The Morgan fingerprint density at radius 2 is 1.23 bits per heavy atom. The van der Waals surface area contributed by atoms with E-state index in [0.717, 1.165) is 17.1 Å². The van der Waals surface area contributed by atoms with E-state index < -0.39 is 0 Å². The molecule has 0 bridgehead atoms. The van der Waals surface area contributed by atoms with E-state index in [1.165, 1.54) is 39.2 Å². The summed E-state index contributed by atoms with van der Waals surface area (Å²) < 4.78 is 0. The molecule has 0 aliphatic carbocycles. The number of nitriles is 4. The first-order valence-electron chi connectivity index (χ1n) is 13.7. The first-order valence-corrected chi connectivity index (χ1v) is 14.5. The first kappa shape index (κ1) is 104. The van der Waals surface area contributed by atoms with E-state index in [9.17, 15) is 4.79 Å². The number of nitrogens with two attached hydrogens (primary N) is 2. The molecule has 0 amide bonds. The Kier molecular flexibility index (Phi) is 180. The molecular formula is C30H37B3Cl2N12O6Y7-7. The first-order chi connectivity index (χ1) is 25.3. The van der Waals surface area contributed by atoms with Gasteiger partial charge in [0.2, 0.25) is 0 Å². The predicted octanol–water partition coefficient (Wildman–Crippen LogP) is 0.0813. The molecule has 0 saturated carbocycles. The molecule has 30 heteroatoms. The van der Waals surface area contributed by atoms with Crippen molar-refractivity contribution < 1.29 is 258 Å². The van der Waals surface area contributed by atoms with E-state index in [0.29, 0.717) is 30.0 Å². The molecule has 2 aromatic heterocycles. The van der Waals surface area contributed by atoms with E-state index in [1.807, 2.05) is 40.8 Å². The summed E-state index contributed by atoms with van der Waals surface area (Å²) in [5.74, 6) is 1.94. The van der Waals surface area contributed by atoms with Crippen LogP contribution >= 0.6 is 23.2 Å². The molecule has 6 N–H and O–H groups in total. The summed E-state index contributed by atoms with van der Waals surface area (Å²) in [6.07, 6.45) is 12.6. The number of nitrogens with zero attached hydrogens (tertiary/aromatic N) is 9. The minimum Gasteiger partial charge on any atom is -0.665 e. The normalized spacial score (nSPS) is 6.35. The zero-order valence-corrected chi connectivity index (χ0v) is 55.7. The van der Waals surface area contributed by atoms with Crippen molar-refractivity contribution in [2.75, 3.05) is 14.1 Å². The van der Waals surface area contributed by atoms with Gasteiger partial charge in [0.15, 0.2) is 7.28 Å². The molecule has 0 fully saturated rings. The molecule has 2 rings (SSSR count). The van der Waals surface area contributed by atoms with E-state index >= 15 is 0 Å². The van der Waals surface area contributed by atoms with Crippen molar-refractivity contribution in [2.24, 2.45) is 11.5 Å². The fourth-order valence-corrected chi connectivity index (χ4v) is 1.44. The van der Waals surface area contributed by atoms with Gasteiger partial charge in [-0.1, -0.05) is 77.4 Å². The third-order valence-electron chi connectivity index (χ3n) is 3.22. The molecule has 60 heavy (non-hydrogen) atoms. The molecule has 2 aromatic rings. The van der Waals surface area contributed by atoms with Gasteiger partial charge in [0.05, 0.1) is 12.4 Å². The second-order valence-electron chi connectivity index (χ2n) is 6.92. The fourth-order valence-electron chi connectivity index (χ4n) is 1.44. The maximum absolute atomic E-state index is 9.83. The average molecular weight is 1390 g/mol. The van der Waals surface area contributed by atoms with E-state index in [-0.39, 0.29) is 247 Å². The van der Waals surface area contributed by atoms with Gasteiger partial charge in [-0.2, -0.15) is 16.8 Å². The minimum atomic E-state index is -0.111. The van der Waals surface area contributed by atoms with E-state index in [4.69, 9.17) is 62.2 Å². The molecule has 2 heterocycles. The van der Waals surface area contributed by atoms with Gasteiger partial charge in [0.25, 0.3) is 0 Å². The van der Waals surface area contributed by atoms with Crippen LogP contribution in [0.5, 0.6) is 0 Å². The summed E-state index contributed by atoms with van der Waals surface area (Å²) in [6, 6.07) is 6.91. The molecule has 18 nitrogen and oxygen atoms in total. The van der Waals surface area contributed by atoms with E-state index in [2.05, 4.69) is 55.5 Å². The Morgan fingerprint density at radius 3 is 1.37 bits per heavy atom. The summed E-state index contributed by atoms with van der Waals surface area (Å²) >= 11 is 8.39. The Hall–Kier alpha value is 1.74. The Balaban J connectivity index is -0.0000000298. The average Bonchev–Trinajstić information content (AvgIpc) is 3.17. The van der Waals surface area contributed by atoms with Crippen molar-refractivity contribution in [3.05, 3.63) is 47.7 Å². The number of amidine groups is 1. The van der Waals surface area contributed by atoms with Crippen LogP contribution in [-0.2, 0) is 259 Å². The number of carbonyl (C=O) groups excluding carboxylic acids is 4. The number of aromatic nitrogens is 4. The van der Waals surface area contributed by atoms with Crippen molar-refractivity contribution in [2.45, 2.75) is 54.2 Å². The van der Waals surface area contributed by atoms with Crippen LogP contribution in [0.25, 0.3) is 0 Å². The number of hydrogen-bond donors (Lipinski definition) is 4. The van der Waals surface area contributed by atoms with Gasteiger partial charge in [0, 0.05) is 248 Å². The molecule has 0 unspecified atom stereocenters. The molecule has 0 aromatic carbocycles. The fraction of sp³-hybridized carbons (Fsp3) is 0.333. The number of rotatable bonds is 7. The topological polar surface area (TPSA) is 331 Å². The standard InChI is InChI=1S/C6H8BN3.C6H4BN3.C6H7N2O.C3H2NO.C2H6BN2.C2H3N.C2H6.2CClO.CHO2.7Y/c2*1-7-6-9-3-5(2-8)4-10-6;1-8(2)4-6(3-7)5-9;4-2-1-3-5;1-3-2(4)5;1-2-3;1-2;3*2-1-3;;;;;;;/h3H,2,8H2,1H3;3H,1H3;4H,1-2H3;1H2;1H3,(H3,4,5);1H3;1-2H3;;;(H,2,3);;;;;;;/q4*-1;;;;3*-1;;;;;;;/b;;6-4+;;;;;;;;;;;;;;. The van der Waals surface area contributed by atoms with Crippen molar-refractivity contribution in [1.29, 1.82) is 26.5 Å². The van der Waals surface area contributed by atoms with Crippen LogP contribution < -0.4 is 22.9 Å². The molecular weight excluding hydrogens is 1350 g/mol. The van der Waals surface area contributed by atoms with Crippen LogP contribution in [0.15, 0.2) is 24.2 Å². The third kappa shape index (κ3) is 118. The van der Waals surface area contributed by atoms with Gasteiger partial charge in [-0.15, -0.1) is 5.56 Å². The number of nitrogens with one attached hydrogen (secondary N) is 1. The summed E-state index contributed by atoms with van der Waals surface area (Å²) in [4.78, 5) is 61.1. The maximum Gasteiger partial charge on any atom is 0.196 e. The molecule has 0 aliphatic heterocycles. The molecule has 10 radical (unpaired) electrons. The van der Waals surface area contributed by atoms with Crippen molar-refractivity contribution in [3.63, 3.8) is 0 Å². The molecule has 304 valence electrons. The zero-order chi connectivity index (χ0) is 43.3. The van der Waals surface area contributed by atoms with E-state index in [1.54, 1.807) is 57.5 Å². The molecule has 0 aliphatic rings. The van der Waals surface area contributed by atoms with Crippen LogP contribution in [0.4, 0.5) is 0 Å². The van der Waals surface area contributed by atoms with Gasteiger partial charge in [0.1, 0.15) is 14.6 Å². The second kappa shape index (κ2) is 104. The van der Waals surface area contributed by atoms with Gasteiger partial charge in [-0.25, -0.2) is 5.26 Å². The van der Waals surface area contributed by atoms with Gasteiger partial charge < -0.3 is 88.6 Å². The van der Waals surface area contributed by atoms with Crippen LogP contribution in [0.3, 0.4) is 0 Å². The van der Waals surface area contributed by atoms with Crippen LogP contribution in [-0.4, -0.2) is 102 Å². The number of aliphatic hydroxyl groups excluding tert-OH is 1. The summed E-state index contributed by atoms with van der Waals surface area (Å²) in [5, 5.41) is 44.6. The summed E-state index contributed by atoms with van der Waals surface area (Å²) in [5.41, 5.74) is 12.8. The summed E-state index contributed by atoms with van der Waals surface area (Å²) in [6.45, 7) is 11.8. The van der Waals surface area contributed by atoms with Crippen molar-refractivity contribution in [3.8, 4) is 24.3 Å². The van der Waals surface area contributed by atoms with Crippen LogP contribution in [0, 0.1) is 63.1 Å². The second-order valence-corrected chi connectivity index (χ2v) is 7.23. The molecule has 0 spiro atoms. The zero-order valence-electron chi connectivity index (χ0n) is 34.3. The molecule has 0 atom stereocenters. The Morgan fingerprint density at radius 1 is 0.883 bits per heavy atom. The quantitative estimate of drug-likeness (QED) is 0.0543. The Bertz CT molecular complexity index is 1360. The van der Waals surface area contributed by atoms with Gasteiger partial charge in [-0.3, -0.25) is 22.2 Å². The summed E-state index contributed by atoms with van der Waals surface area (Å²) in [7, 11) is 8.55. The largest absolute Gasteiger partial charge is 0.665 e. The SMILES string of the molecule is CC.CC#N.CN(C)/C=C(\C#N)[C-]=O.C[B]C(=N)N.C[B]c1n[c-]c(C#N)cn1.C[B]c1n[c-]c(CN)cn1.N#CC[C-]=O.O=[C-]Cl.O=[C-]Cl.O=[C-]O.[Y].[Y].[Y].[Y].[Y].[Y].[Y]. The molecule has 0 saturated heterocycles. The third-order valence-corrected chi connectivity index (χ3v) is 3.22. The van der Waals surface area contributed by atoms with Crippen LogP contribution in [0.1, 0.15) is 38.3 Å². The van der Waals surface area contributed by atoms with Gasteiger partial charge >= 0.3 is 0 Å².